The van der Waals surface area contributed by atoms with Crippen molar-refractivity contribution in [1.82, 2.24) is 0 Å². The number of benzene rings is 2. The molecule has 1 heterocycles. The molecule has 0 radical (unpaired) electrons. The van der Waals surface area contributed by atoms with Gasteiger partial charge in [0.25, 0.3) is 10.9 Å². The summed E-state index contributed by atoms with van der Waals surface area (Å²) in [5.74, 6) is 1.00. The molecule has 10 heteroatoms. The van der Waals surface area contributed by atoms with Crippen LogP contribution in [0.15, 0.2) is 46.0 Å². The number of nitrogens with one attached hydrogen (secondary N) is 2. The first-order valence-corrected chi connectivity index (χ1v) is 12.7. The van der Waals surface area contributed by atoms with Crippen molar-refractivity contribution in [1.29, 1.82) is 0 Å². The summed E-state index contributed by atoms with van der Waals surface area (Å²) in [7, 11) is 0. The van der Waals surface area contributed by atoms with Crippen LogP contribution in [-0.2, 0) is 18.9 Å². The van der Waals surface area contributed by atoms with Crippen LogP contribution in [-0.4, -0.2) is 66.1 Å². The molecule has 0 aliphatic carbocycles. The maximum Gasteiger partial charge on any atom is 0.253 e. The number of rotatable bonds is 4. The maximum absolute atomic E-state index is 12.4. The lowest BCUT2D eigenvalue weighted by molar-refractivity contribution is -0.00841. The SMILES string of the molecule is Cc1cc(C)cc(Nc2c(Nc3ccc4c(c3)OCCOCCOCCOCCOCCO4)c(=O)c2=O)c1. The van der Waals surface area contributed by atoms with Crippen molar-refractivity contribution in [3.63, 3.8) is 0 Å². The van der Waals surface area contributed by atoms with E-state index in [1.807, 2.05) is 32.0 Å². The zero-order valence-corrected chi connectivity index (χ0v) is 21.8. The first-order valence-electron chi connectivity index (χ1n) is 12.7. The van der Waals surface area contributed by atoms with Crippen molar-refractivity contribution in [2.75, 3.05) is 76.7 Å². The van der Waals surface area contributed by atoms with E-state index in [0.717, 1.165) is 16.8 Å². The normalized spacial score (nSPS) is 16.4. The Kier molecular flexibility index (Phi) is 10.1. The van der Waals surface area contributed by atoms with Crippen molar-refractivity contribution >= 4 is 22.7 Å². The molecule has 204 valence electrons. The van der Waals surface area contributed by atoms with E-state index in [4.69, 9.17) is 28.4 Å². The van der Waals surface area contributed by atoms with Crippen LogP contribution in [0.1, 0.15) is 11.1 Å². The van der Waals surface area contributed by atoms with Gasteiger partial charge in [-0.25, -0.2) is 0 Å². The molecule has 0 fully saturated rings. The van der Waals surface area contributed by atoms with E-state index < -0.39 is 10.9 Å². The van der Waals surface area contributed by atoms with Gasteiger partial charge in [-0.1, -0.05) is 6.07 Å². The van der Waals surface area contributed by atoms with Gasteiger partial charge in [-0.3, -0.25) is 9.59 Å². The third-order valence-electron chi connectivity index (χ3n) is 5.70. The van der Waals surface area contributed by atoms with E-state index in [9.17, 15) is 9.59 Å². The van der Waals surface area contributed by atoms with Gasteiger partial charge in [0, 0.05) is 17.4 Å². The van der Waals surface area contributed by atoms with Crippen molar-refractivity contribution in [2.24, 2.45) is 0 Å². The third kappa shape index (κ3) is 7.78. The second-order valence-electron chi connectivity index (χ2n) is 8.84. The number of fused-ring (bicyclic) bond motifs is 1. The van der Waals surface area contributed by atoms with Crippen molar-refractivity contribution in [3.8, 4) is 11.5 Å². The molecule has 38 heavy (non-hydrogen) atoms. The minimum Gasteiger partial charge on any atom is -0.487 e. The fourth-order valence-corrected chi connectivity index (χ4v) is 3.97. The van der Waals surface area contributed by atoms with E-state index in [2.05, 4.69) is 10.6 Å². The molecular formula is C28H34N2O8. The highest BCUT2D eigenvalue weighted by molar-refractivity contribution is 5.82. The largest absolute Gasteiger partial charge is 0.487 e. The van der Waals surface area contributed by atoms with Crippen molar-refractivity contribution < 1.29 is 28.4 Å². The lowest BCUT2D eigenvalue weighted by Crippen LogP contribution is -2.35. The minimum absolute atomic E-state index is 0.203. The lowest BCUT2D eigenvalue weighted by atomic mass is 10.1. The first kappa shape index (κ1) is 27.6. The Morgan fingerprint density at radius 1 is 0.526 bits per heavy atom. The number of aryl methyl sites for hydroxylation is 2. The summed E-state index contributed by atoms with van der Waals surface area (Å²) >= 11 is 0. The zero-order chi connectivity index (χ0) is 26.7. The monoisotopic (exact) mass is 526 g/mol. The van der Waals surface area contributed by atoms with Crippen LogP contribution < -0.4 is 31.0 Å². The standard InChI is InChI=1S/C28H34N2O8/c1-19-15-20(2)17-22(16-19)30-26-25(27(31)28(26)32)29-21-3-4-23-24(18-21)38-14-12-36-10-8-34-6-5-33-7-9-35-11-13-37-23/h3-4,15-18,29-30H,5-14H2,1-2H3. The Morgan fingerprint density at radius 2 is 0.974 bits per heavy atom. The first-order chi connectivity index (χ1) is 18.5. The number of anilines is 4. The molecule has 10 nitrogen and oxygen atoms in total. The number of ether oxygens (including phenoxy) is 6. The Hall–Kier alpha value is -3.44. The number of hydrogen-bond acceptors (Lipinski definition) is 10. The highest BCUT2D eigenvalue weighted by atomic mass is 16.6. The van der Waals surface area contributed by atoms with E-state index >= 15 is 0 Å². The highest BCUT2D eigenvalue weighted by Crippen LogP contribution is 2.33. The van der Waals surface area contributed by atoms with Crippen LogP contribution in [0.25, 0.3) is 0 Å². The predicted molar refractivity (Wildman–Crippen MR) is 145 cm³/mol. The fourth-order valence-electron chi connectivity index (χ4n) is 3.97. The lowest BCUT2D eigenvalue weighted by Gasteiger charge is -2.18. The zero-order valence-electron chi connectivity index (χ0n) is 21.8. The summed E-state index contributed by atoms with van der Waals surface area (Å²) in [6.07, 6.45) is 0. The van der Waals surface area contributed by atoms with Crippen LogP contribution in [0.3, 0.4) is 0 Å². The summed E-state index contributed by atoms with van der Waals surface area (Å²) in [5, 5.41) is 6.16. The summed E-state index contributed by atoms with van der Waals surface area (Å²) in [5.41, 5.74) is 2.72. The average Bonchev–Trinajstić information content (AvgIpc) is 2.90. The maximum atomic E-state index is 12.4. The Balaban J connectivity index is 1.46. The molecule has 4 rings (SSSR count). The van der Waals surface area contributed by atoms with Gasteiger partial charge in [0.15, 0.2) is 11.5 Å². The molecule has 0 bridgehead atoms. The molecule has 0 saturated carbocycles. The molecule has 0 spiro atoms. The molecule has 0 amide bonds. The summed E-state index contributed by atoms with van der Waals surface area (Å²) in [4.78, 5) is 24.7. The van der Waals surface area contributed by atoms with Crippen LogP contribution in [0.2, 0.25) is 0 Å². The van der Waals surface area contributed by atoms with E-state index in [-0.39, 0.29) is 11.4 Å². The molecule has 0 aromatic heterocycles. The van der Waals surface area contributed by atoms with E-state index in [0.29, 0.717) is 83.3 Å². The Labute approximate surface area is 221 Å². The topological polar surface area (TPSA) is 114 Å². The van der Waals surface area contributed by atoms with Crippen molar-refractivity contribution in [2.45, 2.75) is 13.8 Å². The van der Waals surface area contributed by atoms with Gasteiger partial charge in [-0.2, -0.15) is 0 Å². The summed E-state index contributed by atoms with van der Waals surface area (Å²) in [6, 6.07) is 11.1. The third-order valence-corrected chi connectivity index (χ3v) is 5.70. The quantitative estimate of drug-likeness (QED) is 0.491. The van der Waals surface area contributed by atoms with Gasteiger partial charge < -0.3 is 39.1 Å². The molecule has 0 atom stereocenters. The molecule has 0 unspecified atom stereocenters. The molecule has 2 N–H and O–H groups in total. The van der Waals surface area contributed by atoms with Gasteiger partial charge in [0.1, 0.15) is 24.6 Å². The second-order valence-corrected chi connectivity index (χ2v) is 8.84. The molecule has 1 aliphatic rings. The average molecular weight is 527 g/mol. The van der Waals surface area contributed by atoms with E-state index in [1.165, 1.54) is 0 Å². The van der Waals surface area contributed by atoms with Gasteiger partial charge in [-0.15, -0.1) is 0 Å². The van der Waals surface area contributed by atoms with Crippen LogP contribution in [0.4, 0.5) is 22.7 Å². The molecule has 3 aromatic carbocycles. The van der Waals surface area contributed by atoms with Gasteiger partial charge >= 0.3 is 0 Å². The van der Waals surface area contributed by atoms with Gasteiger partial charge in [0.05, 0.1) is 52.9 Å². The Bertz CT molecular complexity index is 1250. The van der Waals surface area contributed by atoms with Gasteiger partial charge in [-0.05, 0) is 49.2 Å². The molecule has 0 saturated heterocycles. The van der Waals surface area contributed by atoms with Crippen LogP contribution in [0.5, 0.6) is 11.5 Å². The smallest absolute Gasteiger partial charge is 0.253 e. The predicted octanol–water partition coefficient (Wildman–Crippen LogP) is 3.22. The van der Waals surface area contributed by atoms with Crippen LogP contribution in [0, 0.1) is 13.8 Å². The summed E-state index contributed by atoms with van der Waals surface area (Å²) in [6.45, 7) is 8.16. The van der Waals surface area contributed by atoms with Gasteiger partial charge in [0.2, 0.25) is 0 Å². The second kappa shape index (κ2) is 13.9. The minimum atomic E-state index is -0.579. The molecule has 3 aromatic rings. The van der Waals surface area contributed by atoms with E-state index in [1.54, 1.807) is 18.2 Å². The summed E-state index contributed by atoms with van der Waals surface area (Å²) < 4.78 is 33.8. The number of hydrogen-bond donors (Lipinski definition) is 2. The highest BCUT2D eigenvalue weighted by Gasteiger charge is 2.22. The molecular weight excluding hydrogens is 492 g/mol. The van der Waals surface area contributed by atoms with Crippen molar-refractivity contribution in [3.05, 3.63) is 68.0 Å². The fraction of sp³-hybridized carbons (Fsp3) is 0.429. The molecule has 1 aliphatic heterocycles. The Morgan fingerprint density at radius 3 is 1.50 bits per heavy atom. The van der Waals surface area contributed by atoms with Crippen LogP contribution >= 0.6 is 0 Å².